The first kappa shape index (κ1) is 21.2. The number of hydrogen-bond acceptors (Lipinski definition) is 2. The Labute approximate surface area is 157 Å². The van der Waals surface area contributed by atoms with Crippen molar-refractivity contribution in [2.75, 3.05) is 11.9 Å². The van der Waals surface area contributed by atoms with Crippen LogP contribution in [0.5, 0.6) is 0 Å². The zero-order valence-electron chi connectivity index (χ0n) is 15.3. The van der Waals surface area contributed by atoms with E-state index in [2.05, 4.69) is 49.6 Å². The van der Waals surface area contributed by atoms with Crippen LogP contribution in [0.15, 0.2) is 54.6 Å². The monoisotopic (exact) mass is 360 g/mol. The fourth-order valence-corrected chi connectivity index (χ4v) is 2.90. The van der Waals surface area contributed by atoms with Crippen LogP contribution in [0.4, 0.5) is 5.69 Å². The lowest BCUT2D eigenvalue weighted by Gasteiger charge is -2.21. The molecule has 25 heavy (non-hydrogen) atoms. The first-order valence-corrected chi connectivity index (χ1v) is 8.75. The summed E-state index contributed by atoms with van der Waals surface area (Å²) >= 11 is 0. The highest BCUT2D eigenvalue weighted by Gasteiger charge is 2.20. The molecule has 0 aliphatic carbocycles. The second kappa shape index (κ2) is 10.9. The van der Waals surface area contributed by atoms with Crippen molar-refractivity contribution in [3.05, 3.63) is 65.7 Å². The molecule has 0 bridgehead atoms. The van der Waals surface area contributed by atoms with Gasteiger partial charge in [-0.25, -0.2) is 0 Å². The molecule has 4 heteroatoms. The molecule has 0 aliphatic rings. The maximum Gasteiger partial charge on any atom is 0.225 e. The predicted octanol–water partition coefficient (Wildman–Crippen LogP) is 4.99. The van der Waals surface area contributed by atoms with Crippen molar-refractivity contribution >= 4 is 24.0 Å². The van der Waals surface area contributed by atoms with Crippen LogP contribution >= 0.6 is 12.4 Å². The first-order valence-electron chi connectivity index (χ1n) is 8.75. The van der Waals surface area contributed by atoms with E-state index in [1.807, 2.05) is 36.4 Å². The molecule has 0 heterocycles. The van der Waals surface area contributed by atoms with Gasteiger partial charge in [0.15, 0.2) is 0 Å². The molecule has 3 nitrogen and oxygen atoms in total. The van der Waals surface area contributed by atoms with Gasteiger partial charge in [0, 0.05) is 18.7 Å². The highest BCUT2D eigenvalue weighted by atomic mass is 35.5. The van der Waals surface area contributed by atoms with Gasteiger partial charge < -0.3 is 10.6 Å². The van der Waals surface area contributed by atoms with Gasteiger partial charge >= 0.3 is 0 Å². The average molecular weight is 361 g/mol. The summed E-state index contributed by atoms with van der Waals surface area (Å²) in [6.45, 7) is 8.09. The Morgan fingerprint density at radius 1 is 1.00 bits per heavy atom. The SMILES string of the molecule is CCNCc1ccccc1NC(=O)CC(c1ccccc1)C(C)C.Cl. The van der Waals surface area contributed by atoms with Gasteiger partial charge in [-0.3, -0.25) is 4.79 Å². The predicted molar refractivity (Wildman–Crippen MR) is 108 cm³/mol. The number of anilines is 1. The standard InChI is InChI=1S/C21H28N2O.ClH/c1-4-22-15-18-12-8-9-13-20(18)23-21(24)14-19(16(2)3)17-10-6-5-7-11-17;/h5-13,16,19,22H,4,14-15H2,1-3H3,(H,23,24);1H. The fraction of sp³-hybridized carbons (Fsp3) is 0.381. The van der Waals surface area contributed by atoms with Crippen LogP contribution in [-0.2, 0) is 11.3 Å². The van der Waals surface area contributed by atoms with Crippen molar-refractivity contribution in [3.8, 4) is 0 Å². The summed E-state index contributed by atoms with van der Waals surface area (Å²) in [5.41, 5.74) is 3.25. The Kier molecular flexibility index (Phi) is 9.25. The molecule has 2 rings (SSSR count). The minimum absolute atomic E-state index is 0. The molecule has 1 unspecified atom stereocenters. The minimum atomic E-state index is 0. The maximum atomic E-state index is 12.6. The largest absolute Gasteiger partial charge is 0.326 e. The molecule has 0 spiro atoms. The van der Waals surface area contributed by atoms with Crippen molar-refractivity contribution in [3.63, 3.8) is 0 Å². The van der Waals surface area contributed by atoms with Crippen LogP contribution in [0.2, 0.25) is 0 Å². The van der Waals surface area contributed by atoms with Gasteiger partial charge in [0.25, 0.3) is 0 Å². The minimum Gasteiger partial charge on any atom is -0.326 e. The van der Waals surface area contributed by atoms with Gasteiger partial charge in [-0.15, -0.1) is 12.4 Å². The molecule has 0 aromatic heterocycles. The van der Waals surface area contributed by atoms with Gasteiger partial charge in [0.05, 0.1) is 0 Å². The van der Waals surface area contributed by atoms with E-state index in [9.17, 15) is 4.79 Å². The van der Waals surface area contributed by atoms with Gasteiger partial charge in [0.2, 0.25) is 5.91 Å². The van der Waals surface area contributed by atoms with Crippen molar-refractivity contribution < 1.29 is 4.79 Å². The molecule has 0 saturated heterocycles. The molecule has 0 aliphatic heterocycles. The van der Waals surface area contributed by atoms with Crippen molar-refractivity contribution in [2.45, 2.75) is 39.7 Å². The highest BCUT2D eigenvalue weighted by Crippen LogP contribution is 2.28. The number of benzene rings is 2. The van der Waals surface area contributed by atoms with E-state index < -0.39 is 0 Å². The number of rotatable bonds is 8. The van der Waals surface area contributed by atoms with Crippen molar-refractivity contribution in [2.24, 2.45) is 5.92 Å². The van der Waals surface area contributed by atoms with Gasteiger partial charge in [-0.1, -0.05) is 69.3 Å². The van der Waals surface area contributed by atoms with Gasteiger partial charge in [0.1, 0.15) is 0 Å². The molecule has 0 radical (unpaired) electrons. The van der Waals surface area contributed by atoms with E-state index in [-0.39, 0.29) is 24.2 Å². The number of amides is 1. The lowest BCUT2D eigenvalue weighted by molar-refractivity contribution is -0.116. The Hall–Kier alpha value is -1.84. The quantitative estimate of drug-likeness (QED) is 0.696. The number of nitrogens with one attached hydrogen (secondary N) is 2. The van der Waals surface area contributed by atoms with Gasteiger partial charge in [-0.2, -0.15) is 0 Å². The Morgan fingerprint density at radius 3 is 2.28 bits per heavy atom. The number of halogens is 1. The number of carbonyl (C=O) groups is 1. The van der Waals surface area contributed by atoms with Gasteiger partial charge in [-0.05, 0) is 35.6 Å². The van der Waals surface area contributed by atoms with Crippen LogP contribution in [0.25, 0.3) is 0 Å². The molecule has 1 amide bonds. The highest BCUT2D eigenvalue weighted by molar-refractivity contribution is 5.92. The van der Waals surface area contributed by atoms with Crippen molar-refractivity contribution in [1.82, 2.24) is 5.32 Å². The smallest absolute Gasteiger partial charge is 0.225 e. The van der Waals surface area contributed by atoms with Crippen LogP contribution in [0.1, 0.15) is 44.2 Å². The molecule has 2 N–H and O–H groups in total. The molecular weight excluding hydrogens is 332 g/mol. The lowest BCUT2D eigenvalue weighted by atomic mass is 9.85. The molecular formula is C21H29ClN2O. The van der Waals surface area contributed by atoms with Crippen LogP contribution in [0, 0.1) is 5.92 Å². The summed E-state index contributed by atoms with van der Waals surface area (Å²) in [5.74, 6) is 0.712. The average Bonchev–Trinajstić information content (AvgIpc) is 2.59. The third-order valence-electron chi connectivity index (χ3n) is 4.29. The van der Waals surface area contributed by atoms with E-state index in [0.29, 0.717) is 12.3 Å². The zero-order chi connectivity index (χ0) is 17.4. The molecule has 1 atom stereocenters. The molecule has 136 valence electrons. The third-order valence-corrected chi connectivity index (χ3v) is 4.29. The summed E-state index contributed by atoms with van der Waals surface area (Å²) in [4.78, 5) is 12.6. The lowest BCUT2D eigenvalue weighted by Crippen LogP contribution is -2.20. The number of carbonyl (C=O) groups excluding carboxylic acids is 1. The molecule has 0 fully saturated rings. The molecule has 2 aromatic rings. The van der Waals surface area contributed by atoms with E-state index in [1.54, 1.807) is 0 Å². The summed E-state index contributed by atoms with van der Waals surface area (Å²) in [7, 11) is 0. The first-order chi connectivity index (χ1) is 11.6. The molecule has 2 aromatic carbocycles. The Bertz CT molecular complexity index is 643. The second-order valence-corrected chi connectivity index (χ2v) is 6.45. The van der Waals surface area contributed by atoms with E-state index in [1.165, 1.54) is 5.56 Å². The number of hydrogen-bond donors (Lipinski definition) is 2. The topological polar surface area (TPSA) is 41.1 Å². The summed E-state index contributed by atoms with van der Waals surface area (Å²) in [6.07, 6.45) is 0.497. The van der Waals surface area contributed by atoms with E-state index in [0.717, 1.165) is 24.3 Å². The maximum absolute atomic E-state index is 12.6. The van der Waals surface area contributed by atoms with Crippen LogP contribution in [-0.4, -0.2) is 12.5 Å². The fourth-order valence-electron chi connectivity index (χ4n) is 2.90. The Balaban J connectivity index is 0.00000312. The van der Waals surface area contributed by atoms with Crippen LogP contribution in [0.3, 0.4) is 0 Å². The number of para-hydroxylation sites is 1. The summed E-state index contributed by atoms with van der Waals surface area (Å²) < 4.78 is 0. The van der Waals surface area contributed by atoms with E-state index in [4.69, 9.17) is 0 Å². The third kappa shape index (κ3) is 6.52. The Morgan fingerprint density at radius 2 is 1.64 bits per heavy atom. The summed E-state index contributed by atoms with van der Waals surface area (Å²) in [6, 6.07) is 18.3. The normalized spacial score (nSPS) is 11.7. The van der Waals surface area contributed by atoms with Crippen molar-refractivity contribution in [1.29, 1.82) is 0 Å². The van der Waals surface area contributed by atoms with Crippen LogP contribution < -0.4 is 10.6 Å². The van der Waals surface area contributed by atoms with E-state index >= 15 is 0 Å². The molecule has 0 saturated carbocycles. The second-order valence-electron chi connectivity index (χ2n) is 6.45. The summed E-state index contributed by atoms with van der Waals surface area (Å²) in [5, 5.41) is 6.41. The zero-order valence-corrected chi connectivity index (χ0v) is 16.1.